The molecule has 0 N–H and O–H groups in total. The van der Waals surface area contributed by atoms with E-state index in [0.29, 0.717) is 10.6 Å². The number of carbonyl (C=O) groups excluding carboxylic acids is 3. The molecule has 3 aromatic rings. The Hall–Kier alpha value is -3.15. The maximum absolute atomic E-state index is 13.4. The molecule has 0 fully saturated rings. The summed E-state index contributed by atoms with van der Waals surface area (Å²) in [6.45, 7) is -0.0742. The Morgan fingerprint density at radius 1 is 0.759 bits per heavy atom. The number of carbonyl (C=O) groups is 3. The second-order valence-corrected chi connectivity index (χ2v) is 7.22. The number of hydrogen-bond acceptors (Lipinski definition) is 3. The van der Waals surface area contributed by atoms with E-state index in [1.54, 1.807) is 72.8 Å². The van der Waals surface area contributed by atoms with Crippen molar-refractivity contribution >= 4 is 40.9 Å². The highest BCUT2D eigenvalue weighted by molar-refractivity contribution is 6.34. The van der Waals surface area contributed by atoms with Crippen LogP contribution in [0.25, 0.3) is 0 Å². The number of hydrazine groups is 1. The molecule has 1 heterocycles. The molecule has 3 aromatic carbocycles. The largest absolute Gasteiger partial charge is 0.280 e. The van der Waals surface area contributed by atoms with Crippen LogP contribution in [0.1, 0.15) is 36.6 Å². The number of imide groups is 1. The van der Waals surface area contributed by atoms with Gasteiger partial charge in [-0.2, -0.15) is 5.01 Å². The van der Waals surface area contributed by atoms with Crippen molar-refractivity contribution in [1.82, 2.24) is 10.0 Å². The molecule has 0 saturated heterocycles. The Labute approximate surface area is 177 Å². The SMILES string of the molecule is O=C(c1ccccc1Cl)N(Cc1ccccc1Cl)N1C(=O)c2ccccc2C1=O. The van der Waals surface area contributed by atoms with Gasteiger partial charge in [0.05, 0.1) is 28.3 Å². The molecule has 0 aliphatic carbocycles. The number of nitrogens with zero attached hydrogens (tertiary/aromatic N) is 2. The van der Waals surface area contributed by atoms with Gasteiger partial charge in [-0.3, -0.25) is 14.4 Å². The molecule has 0 aromatic heterocycles. The molecule has 29 heavy (non-hydrogen) atoms. The second kappa shape index (κ2) is 7.70. The van der Waals surface area contributed by atoms with Crippen molar-refractivity contribution in [1.29, 1.82) is 0 Å². The van der Waals surface area contributed by atoms with Crippen LogP contribution in [0.3, 0.4) is 0 Å². The van der Waals surface area contributed by atoms with Gasteiger partial charge in [-0.1, -0.05) is 65.7 Å². The average Bonchev–Trinajstić information content (AvgIpc) is 2.98. The fourth-order valence-corrected chi connectivity index (χ4v) is 3.60. The molecule has 0 spiro atoms. The summed E-state index contributed by atoms with van der Waals surface area (Å²) >= 11 is 12.5. The molecule has 0 radical (unpaired) electrons. The minimum atomic E-state index is -0.579. The van der Waals surface area contributed by atoms with E-state index in [0.717, 1.165) is 10.0 Å². The van der Waals surface area contributed by atoms with E-state index < -0.39 is 17.7 Å². The zero-order valence-electron chi connectivity index (χ0n) is 15.0. The van der Waals surface area contributed by atoms with E-state index in [4.69, 9.17) is 23.2 Å². The summed E-state index contributed by atoms with van der Waals surface area (Å²) in [6.07, 6.45) is 0. The van der Waals surface area contributed by atoms with Crippen LogP contribution in [0.15, 0.2) is 72.8 Å². The van der Waals surface area contributed by atoms with E-state index in [1.807, 2.05) is 0 Å². The lowest BCUT2D eigenvalue weighted by Gasteiger charge is -2.30. The molecule has 7 heteroatoms. The minimum Gasteiger partial charge on any atom is -0.267 e. The van der Waals surface area contributed by atoms with E-state index in [2.05, 4.69) is 0 Å². The Kier molecular flexibility index (Phi) is 5.09. The summed E-state index contributed by atoms with van der Waals surface area (Å²) < 4.78 is 0. The van der Waals surface area contributed by atoms with E-state index in [9.17, 15) is 14.4 Å². The fourth-order valence-electron chi connectivity index (χ4n) is 3.19. The maximum atomic E-state index is 13.4. The summed E-state index contributed by atoms with van der Waals surface area (Å²) in [4.78, 5) is 39.3. The first kappa shape index (κ1) is 19.2. The molecule has 144 valence electrons. The first-order valence-electron chi connectivity index (χ1n) is 8.76. The first-order valence-corrected chi connectivity index (χ1v) is 9.52. The van der Waals surface area contributed by atoms with Gasteiger partial charge in [-0.15, -0.1) is 0 Å². The van der Waals surface area contributed by atoms with Crippen LogP contribution in [-0.2, 0) is 6.54 Å². The quantitative estimate of drug-likeness (QED) is 0.562. The van der Waals surface area contributed by atoms with Crippen LogP contribution >= 0.6 is 23.2 Å². The van der Waals surface area contributed by atoms with Crippen LogP contribution < -0.4 is 0 Å². The molecule has 0 bridgehead atoms. The number of fused-ring (bicyclic) bond motifs is 1. The van der Waals surface area contributed by atoms with Crippen LogP contribution in [0.2, 0.25) is 10.0 Å². The number of benzene rings is 3. The highest BCUT2D eigenvalue weighted by Crippen LogP contribution is 2.29. The predicted molar refractivity (Wildman–Crippen MR) is 110 cm³/mol. The molecule has 1 aliphatic heterocycles. The van der Waals surface area contributed by atoms with Crippen LogP contribution in [-0.4, -0.2) is 27.7 Å². The Morgan fingerprint density at radius 2 is 1.28 bits per heavy atom. The highest BCUT2D eigenvalue weighted by atomic mass is 35.5. The van der Waals surface area contributed by atoms with Crippen molar-refractivity contribution in [3.8, 4) is 0 Å². The Balaban J connectivity index is 1.80. The third-order valence-electron chi connectivity index (χ3n) is 4.63. The number of halogens is 2. The van der Waals surface area contributed by atoms with Gasteiger partial charge in [0, 0.05) is 5.02 Å². The van der Waals surface area contributed by atoms with Gasteiger partial charge in [0.2, 0.25) is 0 Å². The van der Waals surface area contributed by atoms with Gasteiger partial charge in [0.15, 0.2) is 0 Å². The summed E-state index contributed by atoms with van der Waals surface area (Å²) in [5, 5.41) is 2.59. The van der Waals surface area contributed by atoms with Crippen LogP contribution in [0.5, 0.6) is 0 Å². The van der Waals surface area contributed by atoms with Gasteiger partial charge >= 0.3 is 0 Å². The first-order chi connectivity index (χ1) is 14.0. The third-order valence-corrected chi connectivity index (χ3v) is 5.33. The fraction of sp³-hybridized carbons (Fsp3) is 0.0455. The molecular weight excluding hydrogens is 411 g/mol. The topological polar surface area (TPSA) is 57.7 Å². The monoisotopic (exact) mass is 424 g/mol. The van der Waals surface area contributed by atoms with Crippen molar-refractivity contribution in [3.63, 3.8) is 0 Å². The van der Waals surface area contributed by atoms with Gasteiger partial charge in [-0.25, -0.2) is 5.01 Å². The molecule has 0 atom stereocenters. The molecule has 5 nitrogen and oxygen atoms in total. The van der Waals surface area contributed by atoms with Crippen LogP contribution in [0.4, 0.5) is 0 Å². The predicted octanol–water partition coefficient (Wildman–Crippen LogP) is 4.85. The normalized spacial score (nSPS) is 12.8. The van der Waals surface area contributed by atoms with E-state index >= 15 is 0 Å². The van der Waals surface area contributed by atoms with Crippen molar-refractivity contribution < 1.29 is 14.4 Å². The number of hydrogen-bond donors (Lipinski definition) is 0. The third kappa shape index (κ3) is 3.39. The zero-order chi connectivity index (χ0) is 20.5. The summed E-state index contributed by atoms with van der Waals surface area (Å²) in [7, 11) is 0. The van der Waals surface area contributed by atoms with E-state index in [-0.39, 0.29) is 28.3 Å². The summed E-state index contributed by atoms with van der Waals surface area (Å²) in [5.41, 5.74) is 1.26. The van der Waals surface area contributed by atoms with Gasteiger partial charge in [0.1, 0.15) is 0 Å². The van der Waals surface area contributed by atoms with Crippen molar-refractivity contribution in [2.24, 2.45) is 0 Å². The molecule has 1 aliphatic rings. The molecular formula is C22H14Cl2N2O3. The number of amides is 3. The van der Waals surface area contributed by atoms with E-state index in [1.165, 1.54) is 0 Å². The molecule has 0 saturated carbocycles. The van der Waals surface area contributed by atoms with Crippen molar-refractivity contribution in [2.45, 2.75) is 6.54 Å². The van der Waals surface area contributed by atoms with Gasteiger partial charge in [-0.05, 0) is 35.9 Å². The lowest BCUT2D eigenvalue weighted by molar-refractivity contribution is 0.000883. The lowest BCUT2D eigenvalue weighted by Crippen LogP contribution is -2.49. The Morgan fingerprint density at radius 3 is 1.86 bits per heavy atom. The van der Waals surface area contributed by atoms with Crippen LogP contribution in [0, 0.1) is 0 Å². The average molecular weight is 425 g/mol. The maximum Gasteiger partial charge on any atom is 0.280 e. The van der Waals surface area contributed by atoms with Gasteiger partial charge in [0.25, 0.3) is 17.7 Å². The summed E-state index contributed by atoms with van der Waals surface area (Å²) in [5.74, 6) is -1.72. The van der Waals surface area contributed by atoms with Crippen molar-refractivity contribution in [3.05, 3.63) is 105 Å². The highest BCUT2D eigenvalue weighted by Gasteiger charge is 2.41. The number of rotatable bonds is 4. The Bertz CT molecular complexity index is 1110. The summed E-state index contributed by atoms with van der Waals surface area (Å²) in [6, 6.07) is 19.9. The molecule has 0 unspecified atom stereocenters. The standard InChI is InChI=1S/C22H14Cl2N2O3/c23-18-11-5-1-7-14(18)13-25(20(27)17-10-4-6-12-19(17)24)26-21(28)15-8-2-3-9-16(15)22(26)29/h1-12H,13H2. The minimum absolute atomic E-state index is 0.0742. The van der Waals surface area contributed by atoms with Crippen molar-refractivity contribution in [2.75, 3.05) is 0 Å². The smallest absolute Gasteiger partial charge is 0.267 e. The second-order valence-electron chi connectivity index (χ2n) is 6.40. The van der Waals surface area contributed by atoms with Gasteiger partial charge < -0.3 is 0 Å². The zero-order valence-corrected chi connectivity index (χ0v) is 16.5. The molecule has 4 rings (SSSR count). The molecule has 3 amide bonds. The lowest BCUT2D eigenvalue weighted by atomic mass is 10.1.